The zero-order chi connectivity index (χ0) is 12.3. The first-order valence-corrected chi connectivity index (χ1v) is 4.87. The van der Waals surface area contributed by atoms with Crippen LogP contribution in [-0.2, 0) is 0 Å². The second-order valence-corrected chi connectivity index (χ2v) is 3.34. The molecule has 2 aromatic heterocycles. The van der Waals surface area contributed by atoms with Crippen molar-refractivity contribution in [3.05, 3.63) is 42.6 Å². The third kappa shape index (κ3) is 2.36. The summed E-state index contributed by atoms with van der Waals surface area (Å²) in [5.41, 5.74) is 0.776. The smallest absolute Gasteiger partial charge is 0.356 e. The van der Waals surface area contributed by atoms with Gasteiger partial charge < -0.3 is 10.0 Å². The molecule has 0 aliphatic heterocycles. The highest BCUT2D eigenvalue weighted by atomic mass is 16.4. The zero-order valence-corrected chi connectivity index (χ0v) is 9.11. The number of carbonyl (C=O) groups is 1. The Kier molecular flexibility index (Phi) is 2.95. The molecule has 0 aliphatic carbocycles. The van der Waals surface area contributed by atoms with Crippen LogP contribution in [0, 0.1) is 0 Å². The molecule has 1 N–H and O–H groups in total. The van der Waals surface area contributed by atoms with Gasteiger partial charge in [-0.3, -0.25) is 4.98 Å². The van der Waals surface area contributed by atoms with Crippen LogP contribution >= 0.6 is 0 Å². The van der Waals surface area contributed by atoms with Crippen LogP contribution in [0.15, 0.2) is 36.9 Å². The Morgan fingerprint density at radius 2 is 2.12 bits per heavy atom. The van der Waals surface area contributed by atoms with Crippen LogP contribution in [0.4, 0.5) is 11.5 Å². The van der Waals surface area contributed by atoms with Gasteiger partial charge in [0.1, 0.15) is 0 Å². The number of hydrogen-bond acceptors (Lipinski definition) is 5. The minimum Gasteiger partial charge on any atom is -0.476 e. The lowest BCUT2D eigenvalue weighted by molar-refractivity contribution is 0.0690. The topological polar surface area (TPSA) is 79.2 Å². The van der Waals surface area contributed by atoms with Gasteiger partial charge in [-0.2, -0.15) is 0 Å². The number of aromatic nitrogens is 3. The van der Waals surface area contributed by atoms with Crippen molar-refractivity contribution >= 4 is 17.5 Å². The van der Waals surface area contributed by atoms with E-state index in [4.69, 9.17) is 5.11 Å². The van der Waals surface area contributed by atoms with Crippen LogP contribution < -0.4 is 4.90 Å². The first-order valence-electron chi connectivity index (χ1n) is 4.87. The molecule has 0 unspecified atom stereocenters. The second-order valence-electron chi connectivity index (χ2n) is 3.34. The third-order valence-electron chi connectivity index (χ3n) is 2.23. The summed E-state index contributed by atoms with van der Waals surface area (Å²) in [6.45, 7) is 0. The van der Waals surface area contributed by atoms with E-state index in [1.54, 1.807) is 17.3 Å². The molecule has 0 aromatic carbocycles. The third-order valence-corrected chi connectivity index (χ3v) is 2.23. The van der Waals surface area contributed by atoms with Crippen molar-refractivity contribution in [1.29, 1.82) is 0 Å². The standard InChI is InChI=1S/C11H10N4O2/c1-15(8-3-2-4-12-5-8)10-7-13-9(6-14-10)11(16)17/h2-7H,1H3,(H,16,17). The van der Waals surface area contributed by atoms with E-state index < -0.39 is 5.97 Å². The largest absolute Gasteiger partial charge is 0.476 e. The Bertz CT molecular complexity index is 513. The molecule has 0 bridgehead atoms. The van der Waals surface area contributed by atoms with Crippen LogP contribution in [0.5, 0.6) is 0 Å². The predicted octanol–water partition coefficient (Wildman–Crippen LogP) is 1.34. The monoisotopic (exact) mass is 230 g/mol. The van der Waals surface area contributed by atoms with Crippen molar-refractivity contribution in [2.45, 2.75) is 0 Å². The summed E-state index contributed by atoms with van der Waals surface area (Å²) in [5, 5.41) is 8.71. The molecule has 2 heterocycles. The first-order chi connectivity index (χ1) is 8.18. The predicted molar refractivity (Wildman–Crippen MR) is 61.3 cm³/mol. The van der Waals surface area contributed by atoms with Gasteiger partial charge in [0.05, 0.1) is 24.3 Å². The number of aromatic carboxylic acids is 1. The zero-order valence-electron chi connectivity index (χ0n) is 9.11. The Hall–Kier alpha value is -2.50. The van der Waals surface area contributed by atoms with Crippen molar-refractivity contribution in [2.75, 3.05) is 11.9 Å². The highest BCUT2D eigenvalue weighted by molar-refractivity contribution is 5.85. The lowest BCUT2D eigenvalue weighted by Crippen LogP contribution is -2.12. The number of hydrogen-bond donors (Lipinski definition) is 1. The maximum atomic E-state index is 10.6. The van der Waals surface area contributed by atoms with Crippen LogP contribution in [0.2, 0.25) is 0 Å². The van der Waals surface area contributed by atoms with Crippen molar-refractivity contribution in [2.24, 2.45) is 0 Å². The average molecular weight is 230 g/mol. The second kappa shape index (κ2) is 4.56. The maximum absolute atomic E-state index is 10.6. The molecule has 0 atom stereocenters. The van der Waals surface area contributed by atoms with Gasteiger partial charge in [0.25, 0.3) is 0 Å². The van der Waals surface area contributed by atoms with Gasteiger partial charge in [-0.15, -0.1) is 0 Å². The van der Waals surface area contributed by atoms with E-state index in [2.05, 4.69) is 15.0 Å². The fraction of sp³-hybridized carbons (Fsp3) is 0.0909. The molecule has 86 valence electrons. The van der Waals surface area contributed by atoms with Gasteiger partial charge >= 0.3 is 5.97 Å². The first kappa shape index (κ1) is 11.0. The van der Waals surface area contributed by atoms with E-state index >= 15 is 0 Å². The van der Waals surface area contributed by atoms with Gasteiger partial charge in [0.2, 0.25) is 0 Å². The van der Waals surface area contributed by atoms with Crippen molar-refractivity contribution in [3.63, 3.8) is 0 Å². The summed E-state index contributed by atoms with van der Waals surface area (Å²) < 4.78 is 0. The van der Waals surface area contributed by atoms with Crippen LogP contribution in [0.25, 0.3) is 0 Å². The number of rotatable bonds is 3. The summed E-state index contributed by atoms with van der Waals surface area (Å²) in [6, 6.07) is 3.69. The van der Waals surface area contributed by atoms with E-state index in [1.165, 1.54) is 12.4 Å². The van der Waals surface area contributed by atoms with Crippen molar-refractivity contribution < 1.29 is 9.90 Å². The van der Waals surface area contributed by atoms with E-state index in [-0.39, 0.29) is 5.69 Å². The van der Waals surface area contributed by atoms with Crippen LogP contribution in [0.1, 0.15) is 10.5 Å². The molecule has 0 saturated carbocycles. The van der Waals surface area contributed by atoms with E-state index in [9.17, 15) is 4.79 Å². The van der Waals surface area contributed by atoms with E-state index in [1.807, 2.05) is 19.2 Å². The Morgan fingerprint density at radius 3 is 2.65 bits per heavy atom. The van der Waals surface area contributed by atoms with Gasteiger partial charge in [0, 0.05) is 13.2 Å². The van der Waals surface area contributed by atoms with Crippen molar-refractivity contribution in [1.82, 2.24) is 15.0 Å². The average Bonchev–Trinajstić information content (AvgIpc) is 2.39. The van der Waals surface area contributed by atoms with Gasteiger partial charge in [-0.25, -0.2) is 14.8 Å². The van der Waals surface area contributed by atoms with E-state index in [0.29, 0.717) is 5.82 Å². The quantitative estimate of drug-likeness (QED) is 0.857. The minimum absolute atomic E-state index is 0.0756. The molecule has 0 aliphatic rings. The number of nitrogens with zero attached hydrogens (tertiary/aromatic N) is 4. The summed E-state index contributed by atoms with van der Waals surface area (Å²) in [5.74, 6) is -0.531. The molecular weight excluding hydrogens is 220 g/mol. The molecule has 0 fully saturated rings. The summed E-state index contributed by atoms with van der Waals surface area (Å²) in [7, 11) is 1.81. The van der Waals surface area contributed by atoms with E-state index in [0.717, 1.165) is 5.69 Å². The molecule has 0 spiro atoms. The van der Waals surface area contributed by atoms with Crippen LogP contribution in [-0.4, -0.2) is 33.1 Å². The van der Waals surface area contributed by atoms with Crippen molar-refractivity contribution in [3.8, 4) is 0 Å². The fourth-order valence-corrected chi connectivity index (χ4v) is 1.29. The minimum atomic E-state index is -1.09. The molecule has 17 heavy (non-hydrogen) atoms. The fourth-order valence-electron chi connectivity index (χ4n) is 1.29. The van der Waals surface area contributed by atoms with Crippen LogP contribution in [0.3, 0.4) is 0 Å². The highest BCUT2D eigenvalue weighted by Gasteiger charge is 2.08. The Morgan fingerprint density at radius 1 is 1.29 bits per heavy atom. The number of carboxylic acids is 1. The molecule has 0 amide bonds. The molecule has 2 rings (SSSR count). The number of carboxylic acid groups (broad SMARTS) is 1. The Balaban J connectivity index is 2.26. The van der Waals surface area contributed by atoms with Gasteiger partial charge in [-0.05, 0) is 12.1 Å². The molecule has 0 radical (unpaired) electrons. The summed E-state index contributed by atoms with van der Waals surface area (Å²) in [6.07, 6.45) is 6.00. The maximum Gasteiger partial charge on any atom is 0.356 e. The number of anilines is 2. The summed E-state index contributed by atoms with van der Waals surface area (Å²) in [4.78, 5) is 24.2. The number of pyridine rings is 1. The molecule has 6 heteroatoms. The van der Waals surface area contributed by atoms with Gasteiger partial charge in [-0.1, -0.05) is 0 Å². The SMILES string of the molecule is CN(c1cccnc1)c1cnc(C(=O)O)cn1. The normalized spacial score (nSPS) is 9.94. The highest BCUT2D eigenvalue weighted by Crippen LogP contribution is 2.18. The molecule has 6 nitrogen and oxygen atoms in total. The Labute approximate surface area is 97.6 Å². The lowest BCUT2D eigenvalue weighted by atomic mass is 10.4. The molecular formula is C11H10N4O2. The lowest BCUT2D eigenvalue weighted by Gasteiger charge is -2.16. The molecule has 2 aromatic rings. The summed E-state index contributed by atoms with van der Waals surface area (Å²) >= 11 is 0. The van der Waals surface area contributed by atoms with Gasteiger partial charge in [0.15, 0.2) is 11.5 Å². The molecule has 0 saturated heterocycles.